The summed E-state index contributed by atoms with van der Waals surface area (Å²) >= 11 is 12.5. The van der Waals surface area contributed by atoms with Crippen LogP contribution in [0.15, 0.2) is 18.2 Å². The molecule has 1 aliphatic heterocycles. The molecule has 6 nitrogen and oxygen atoms in total. The van der Waals surface area contributed by atoms with Crippen molar-refractivity contribution in [2.24, 2.45) is 17.8 Å². The first kappa shape index (κ1) is 30.4. The summed E-state index contributed by atoms with van der Waals surface area (Å²) in [5.41, 5.74) is 0. The maximum atomic E-state index is 13.5. The molecular formula is C30H44Cl2FN3O3. The van der Waals surface area contributed by atoms with Crippen molar-refractivity contribution in [2.75, 3.05) is 19.7 Å². The average molecular weight is 585 g/mol. The van der Waals surface area contributed by atoms with E-state index in [-0.39, 0.29) is 52.6 Å². The van der Waals surface area contributed by atoms with Crippen molar-refractivity contribution in [1.82, 2.24) is 16.0 Å². The Hall–Kier alpha value is -1.57. The van der Waals surface area contributed by atoms with Crippen LogP contribution in [0, 0.1) is 23.6 Å². The molecule has 1 heterocycles. The van der Waals surface area contributed by atoms with E-state index in [9.17, 15) is 14.0 Å². The van der Waals surface area contributed by atoms with Gasteiger partial charge in [0.2, 0.25) is 5.91 Å². The largest absolute Gasteiger partial charge is 0.484 e. The zero-order chi connectivity index (χ0) is 27.6. The summed E-state index contributed by atoms with van der Waals surface area (Å²) in [6.45, 7) is 1.20. The Morgan fingerprint density at radius 2 is 1.67 bits per heavy atom. The molecule has 1 aromatic carbocycles. The van der Waals surface area contributed by atoms with E-state index in [0.717, 1.165) is 19.0 Å². The Morgan fingerprint density at radius 1 is 1.00 bits per heavy atom. The summed E-state index contributed by atoms with van der Waals surface area (Å²) in [5.74, 6) is 0.505. The number of alkyl halides is 1. The van der Waals surface area contributed by atoms with Crippen LogP contribution in [0.4, 0.5) is 4.39 Å². The summed E-state index contributed by atoms with van der Waals surface area (Å²) in [5, 5.41) is 9.74. The molecule has 2 amide bonds. The number of carbonyl (C=O) groups excluding carboxylic acids is 2. The minimum Gasteiger partial charge on any atom is -0.484 e. The van der Waals surface area contributed by atoms with Crippen molar-refractivity contribution in [3.8, 4) is 5.75 Å². The number of hydrogen-bond acceptors (Lipinski definition) is 4. The van der Waals surface area contributed by atoms with Gasteiger partial charge in [0.1, 0.15) is 11.6 Å². The predicted molar refractivity (Wildman–Crippen MR) is 154 cm³/mol. The Labute approximate surface area is 242 Å². The molecule has 1 saturated heterocycles. The zero-order valence-corrected chi connectivity index (χ0v) is 24.4. The third-order valence-corrected chi connectivity index (χ3v) is 9.57. The number of piperidine rings is 1. The number of carbonyl (C=O) groups is 2. The molecule has 1 aromatic rings. The fourth-order valence-electron chi connectivity index (χ4n) is 6.38. The maximum absolute atomic E-state index is 13.5. The summed E-state index contributed by atoms with van der Waals surface area (Å²) < 4.78 is 18.8. The van der Waals surface area contributed by atoms with Crippen LogP contribution >= 0.6 is 23.2 Å². The monoisotopic (exact) mass is 583 g/mol. The van der Waals surface area contributed by atoms with Crippen LogP contribution in [0.25, 0.3) is 0 Å². The fraction of sp³-hybridized carbons (Fsp3) is 0.733. The predicted octanol–water partition coefficient (Wildman–Crippen LogP) is 5.99. The SMILES string of the molecule is O=C(COc1ccc(Cl)c(F)c1)N[C@H]1C[C@H](C(=O)NCC2CC(C3CCCCCCCCCC3)C(Cl)CN2)C1. The van der Waals surface area contributed by atoms with E-state index in [1.54, 1.807) is 0 Å². The molecule has 2 saturated carbocycles. The topological polar surface area (TPSA) is 79.5 Å². The van der Waals surface area contributed by atoms with Gasteiger partial charge in [-0.2, -0.15) is 0 Å². The highest BCUT2D eigenvalue weighted by atomic mass is 35.5. The molecule has 218 valence electrons. The molecule has 4 rings (SSSR count). The van der Waals surface area contributed by atoms with E-state index >= 15 is 0 Å². The second kappa shape index (κ2) is 15.4. The highest BCUT2D eigenvalue weighted by molar-refractivity contribution is 6.30. The second-order valence-electron chi connectivity index (χ2n) is 11.7. The molecule has 39 heavy (non-hydrogen) atoms. The van der Waals surface area contributed by atoms with Gasteiger partial charge in [0.25, 0.3) is 5.91 Å². The Bertz CT molecular complexity index is 934. The van der Waals surface area contributed by atoms with E-state index in [2.05, 4.69) is 16.0 Å². The van der Waals surface area contributed by atoms with Crippen molar-refractivity contribution in [1.29, 1.82) is 0 Å². The van der Waals surface area contributed by atoms with Gasteiger partial charge in [0.15, 0.2) is 6.61 Å². The molecule has 3 atom stereocenters. The Morgan fingerprint density at radius 3 is 2.33 bits per heavy atom. The Balaban J connectivity index is 1.14. The van der Waals surface area contributed by atoms with Crippen molar-refractivity contribution in [3.63, 3.8) is 0 Å². The molecule has 3 fully saturated rings. The molecule has 0 aromatic heterocycles. The second-order valence-corrected chi connectivity index (χ2v) is 12.7. The van der Waals surface area contributed by atoms with Crippen molar-refractivity contribution >= 4 is 35.0 Å². The van der Waals surface area contributed by atoms with Crippen LogP contribution in [0.2, 0.25) is 5.02 Å². The molecule has 3 N–H and O–H groups in total. The highest BCUT2D eigenvalue weighted by Gasteiger charge is 2.37. The fourth-order valence-corrected chi connectivity index (χ4v) is 6.90. The van der Waals surface area contributed by atoms with Gasteiger partial charge in [-0.15, -0.1) is 11.6 Å². The number of amides is 2. The lowest BCUT2D eigenvalue weighted by Crippen LogP contribution is -2.54. The lowest BCUT2D eigenvalue weighted by molar-refractivity contribution is -0.131. The quantitative estimate of drug-likeness (QED) is 0.329. The number of halogens is 3. The summed E-state index contributed by atoms with van der Waals surface area (Å²) in [6, 6.07) is 4.25. The van der Waals surface area contributed by atoms with E-state index in [4.69, 9.17) is 27.9 Å². The first-order valence-electron chi connectivity index (χ1n) is 14.9. The number of hydrogen-bond donors (Lipinski definition) is 3. The maximum Gasteiger partial charge on any atom is 0.258 e. The van der Waals surface area contributed by atoms with Crippen LogP contribution in [0.3, 0.4) is 0 Å². The molecule has 9 heteroatoms. The number of nitrogens with one attached hydrogen (secondary N) is 3. The summed E-state index contributed by atoms with van der Waals surface area (Å²) in [7, 11) is 0. The van der Waals surface area contributed by atoms with Crippen molar-refractivity contribution < 1.29 is 18.7 Å². The lowest BCUT2D eigenvalue weighted by atomic mass is 9.76. The zero-order valence-electron chi connectivity index (χ0n) is 22.9. The third-order valence-electron chi connectivity index (χ3n) is 8.79. The van der Waals surface area contributed by atoms with Gasteiger partial charge in [-0.05, 0) is 43.2 Å². The van der Waals surface area contributed by atoms with E-state index < -0.39 is 5.82 Å². The smallest absolute Gasteiger partial charge is 0.258 e. The standard InChI is InChI=1S/C30H44Cl2FN3O3/c31-26-12-11-24(16-28(26)33)39-19-29(37)36-22-13-21(14-22)30(38)35-17-23-15-25(27(32)18-34-23)20-9-7-5-3-1-2-4-6-8-10-20/h11-12,16,20-23,25,27,34H,1-10,13-15,17-19H2,(H,35,38)(H,36,37)/t21-,22-,23?,25?,27?. The van der Waals surface area contributed by atoms with Gasteiger partial charge in [-0.25, -0.2) is 4.39 Å². The lowest BCUT2D eigenvalue weighted by Gasteiger charge is -2.39. The molecule has 3 aliphatic rings. The van der Waals surface area contributed by atoms with Gasteiger partial charge in [-0.1, -0.05) is 75.8 Å². The van der Waals surface area contributed by atoms with Gasteiger partial charge >= 0.3 is 0 Å². The van der Waals surface area contributed by atoms with Crippen LogP contribution in [-0.4, -0.2) is 49.0 Å². The first-order chi connectivity index (χ1) is 18.9. The van der Waals surface area contributed by atoms with Gasteiger partial charge < -0.3 is 20.7 Å². The van der Waals surface area contributed by atoms with Crippen molar-refractivity contribution in [2.45, 2.75) is 101 Å². The van der Waals surface area contributed by atoms with Crippen LogP contribution < -0.4 is 20.7 Å². The van der Waals surface area contributed by atoms with Gasteiger partial charge in [0.05, 0.1) is 5.02 Å². The van der Waals surface area contributed by atoms with Gasteiger partial charge in [-0.3, -0.25) is 9.59 Å². The molecule has 3 unspecified atom stereocenters. The third kappa shape index (κ3) is 9.50. The molecule has 0 bridgehead atoms. The Kier molecular flexibility index (Phi) is 12.0. The summed E-state index contributed by atoms with van der Waals surface area (Å²) in [4.78, 5) is 24.9. The number of benzene rings is 1. The van der Waals surface area contributed by atoms with Gasteiger partial charge in [0, 0.05) is 42.5 Å². The first-order valence-corrected chi connectivity index (χ1v) is 15.7. The average Bonchev–Trinajstić information content (AvgIpc) is 2.96. The number of ether oxygens (including phenoxy) is 1. The highest BCUT2D eigenvalue weighted by Crippen LogP contribution is 2.36. The minimum atomic E-state index is -0.593. The molecule has 0 spiro atoms. The summed E-state index contributed by atoms with van der Waals surface area (Å²) in [6.07, 6.45) is 15.6. The van der Waals surface area contributed by atoms with E-state index in [1.807, 2.05) is 0 Å². The normalized spacial score (nSPS) is 28.9. The minimum absolute atomic E-state index is 0.00368. The molecular weight excluding hydrogens is 540 g/mol. The van der Waals surface area contributed by atoms with E-state index in [0.29, 0.717) is 31.2 Å². The van der Waals surface area contributed by atoms with Crippen molar-refractivity contribution in [3.05, 3.63) is 29.0 Å². The molecule has 2 aliphatic carbocycles. The van der Waals surface area contributed by atoms with Crippen LogP contribution in [0.1, 0.15) is 83.5 Å². The van der Waals surface area contributed by atoms with Crippen LogP contribution in [0.5, 0.6) is 5.75 Å². The van der Waals surface area contributed by atoms with Crippen LogP contribution in [-0.2, 0) is 9.59 Å². The molecule has 0 radical (unpaired) electrons. The van der Waals surface area contributed by atoms with E-state index in [1.165, 1.54) is 76.3 Å². The number of rotatable bonds is 8.